The van der Waals surface area contributed by atoms with Crippen LogP contribution in [0.4, 0.5) is 8.78 Å². The third-order valence-electron chi connectivity index (χ3n) is 6.04. The van der Waals surface area contributed by atoms with Crippen LogP contribution in [0.3, 0.4) is 0 Å². The van der Waals surface area contributed by atoms with Crippen molar-refractivity contribution < 1.29 is 22.8 Å². The molecule has 0 bridgehead atoms. The van der Waals surface area contributed by atoms with Crippen LogP contribution in [0.15, 0.2) is 52.9 Å². The van der Waals surface area contributed by atoms with Gasteiger partial charge in [-0.05, 0) is 36.8 Å². The first-order chi connectivity index (χ1) is 16.0. The third kappa shape index (κ3) is 4.34. The first kappa shape index (κ1) is 21.2. The minimum Gasteiger partial charge on any atom is -0.421 e. The van der Waals surface area contributed by atoms with Gasteiger partial charge in [0.25, 0.3) is 5.91 Å². The van der Waals surface area contributed by atoms with Crippen LogP contribution < -0.4 is 10.6 Å². The van der Waals surface area contributed by atoms with Gasteiger partial charge >= 0.3 is 0 Å². The zero-order valence-corrected chi connectivity index (χ0v) is 17.5. The second-order valence-corrected chi connectivity index (χ2v) is 8.22. The highest BCUT2D eigenvalue weighted by molar-refractivity contribution is 5.94. The molecule has 2 N–H and O–H groups in total. The van der Waals surface area contributed by atoms with E-state index in [1.54, 1.807) is 0 Å². The molecule has 170 valence electrons. The van der Waals surface area contributed by atoms with Crippen molar-refractivity contribution in [2.75, 3.05) is 13.1 Å². The lowest BCUT2D eigenvalue weighted by Crippen LogP contribution is -2.58. The minimum absolute atomic E-state index is 0.0269. The molecule has 10 heteroatoms. The molecule has 3 atom stereocenters. The van der Waals surface area contributed by atoms with Gasteiger partial charge in [-0.15, -0.1) is 10.2 Å². The lowest BCUT2D eigenvalue weighted by molar-refractivity contribution is -0.129. The molecule has 0 aliphatic carbocycles. The highest BCUT2D eigenvalue weighted by Crippen LogP contribution is 2.26. The van der Waals surface area contributed by atoms with Gasteiger partial charge < -0.3 is 15.1 Å². The number of nitrogens with one attached hydrogen (secondary N) is 2. The van der Waals surface area contributed by atoms with Crippen LogP contribution >= 0.6 is 0 Å². The van der Waals surface area contributed by atoms with E-state index in [4.69, 9.17) is 4.42 Å². The van der Waals surface area contributed by atoms with Crippen molar-refractivity contribution >= 4 is 11.8 Å². The molecule has 0 radical (unpaired) electrons. The zero-order chi connectivity index (χ0) is 22.9. The second-order valence-electron chi connectivity index (χ2n) is 8.22. The van der Waals surface area contributed by atoms with Gasteiger partial charge in [-0.1, -0.05) is 18.2 Å². The van der Waals surface area contributed by atoms with E-state index in [0.717, 1.165) is 17.7 Å². The molecule has 2 aliphatic heterocycles. The summed E-state index contributed by atoms with van der Waals surface area (Å²) >= 11 is 0. The number of aromatic nitrogens is 2. The van der Waals surface area contributed by atoms with Gasteiger partial charge in [-0.25, -0.2) is 8.78 Å². The van der Waals surface area contributed by atoms with Crippen molar-refractivity contribution in [3.8, 4) is 11.5 Å². The fraction of sp³-hybridized carbons (Fsp3) is 0.304. The van der Waals surface area contributed by atoms with Gasteiger partial charge in [-0.2, -0.15) is 0 Å². The molecule has 33 heavy (non-hydrogen) atoms. The predicted octanol–water partition coefficient (Wildman–Crippen LogP) is 1.93. The number of rotatable bonds is 5. The van der Waals surface area contributed by atoms with Crippen molar-refractivity contribution in [1.29, 1.82) is 0 Å². The van der Waals surface area contributed by atoms with E-state index in [1.807, 2.05) is 35.2 Å². The summed E-state index contributed by atoms with van der Waals surface area (Å²) in [6, 6.07) is 11.7. The Bertz CT molecular complexity index is 1190. The Morgan fingerprint density at radius 2 is 1.97 bits per heavy atom. The Labute approximate surface area is 188 Å². The van der Waals surface area contributed by atoms with Crippen LogP contribution in [0.25, 0.3) is 11.5 Å². The van der Waals surface area contributed by atoms with Crippen LogP contribution in [0.5, 0.6) is 0 Å². The highest BCUT2D eigenvalue weighted by atomic mass is 19.2. The van der Waals surface area contributed by atoms with Crippen molar-refractivity contribution in [3.63, 3.8) is 0 Å². The smallest absolute Gasteiger partial charge is 0.251 e. The number of carbonyl (C=O) groups is 2. The average molecular weight is 453 g/mol. The van der Waals surface area contributed by atoms with Gasteiger partial charge in [0.15, 0.2) is 11.6 Å². The van der Waals surface area contributed by atoms with Crippen molar-refractivity contribution in [2.24, 2.45) is 0 Å². The topological polar surface area (TPSA) is 100 Å². The number of amides is 2. The fourth-order valence-corrected chi connectivity index (χ4v) is 4.41. The van der Waals surface area contributed by atoms with Crippen LogP contribution in [-0.4, -0.2) is 58.1 Å². The van der Waals surface area contributed by atoms with Crippen molar-refractivity contribution in [1.82, 2.24) is 25.7 Å². The molecule has 0 unspecified atom stereocenters. The molecule has 2 amide bonds. The quantitative estimate of drug-likeness (QED) is 0.613. The summed E-state index contributed by atoms with van der Waals surface area (Å²) in [6.45, 7) is 0.861. The molecule has 8 nitrogen and oxygen atoms in total. The first-order valence-corrected chi connectivity index (χ1v) is 10.6. The van der Waals surface area contributed by atoms with Gasteiger partial charge in [0, 0.05) is 42.7 Å². The summed E-state index contributed by atoms with van der Waals surface area (Å²) in [4.78, 5) is 27.0. The molecular formula is C23H21F2N5O3. The normalized spacial score (nSPS) is 22.6. The van der Waals surface area contributed by atoms with Gasteiger partial charge in [0.2, 0.25) is 17.7 Å². The highest BCUT2D eigenvalue weighted by Gasteiger charge is 2.44. The van der Waals surface area contributed by atoms with Crippen molar-refractivity contribution in [3.05, 3.63) is 71.6 Å². The second kappa shape index (κ2) is 8.70. The summed E-state index contributed by atoms with van der Waals surface area (Å²) in [5, 5.41) is 14.0. The van der Waals surface area contributed by atoms with Crippen LogP contribution in [0.2, 0.25) is 0 Å². The number of piperazine rings is 1. The van der Waals surface area contributed by atoms with E-state index in [-0.39, 0.29) is 23.6 Å². The van der Waals surface area contributed by atoms with E-state index in [9.17, 15) is 18.4 Å². The largest absolute Gasteiger partial charge is 0.421 e. The maximum Gasteiger partial charge on any atom is 0.251 e. The summed E-state index contributed by atoms with van der Waals surface area (Å²) in [5.74, 6) is -1.82. The maximum atomic E-state index is 13.5. The van der Waals surface area contributed by atoms with Gasteiger partial charge in [0.05, 0.1) is 6.04 Å². The number of fused-ring (bicyclic) bond motifs is 1. The van der Waals surface area contributed by atoms with Gasteiger partial charge in [0.1, 0.15) is 0 Å². The van der Waals surface area contributed by atoms with E-state index >= 15 is 0 Å². The summed E-state index contributed by atoms with van der Waals surface area (Å²) < 4.78 is 32.5. The number of nitrogens with zero attached hydrogens (tertiary/aromatic N) is 3. The number of hydrogen-bond donors (Lipinski definition) is 2. The number of carbonyl (C=O) groups excluding carboxylic acids is 2. The van der Waals surface area contributed by atoms with E-state index in [2.05, 4.69) is 20.8 Å². The molecule has 2 aliphatic rings. The third-order valence-corrected chi connectivity index (χ3v) is 6.04. The summed E-state index contributed by atoms with van der Waals surface area (Å²) in [5.41, 5.74) is 0.853. The van der Waals surface area contributed by atoms with E-state index < -0.39 is 23.6 Å². The number of hydrogen-bond acceptors (Lipinski definition) is 6. The molecule has 0 saturated carbocycles. The SMILES string of the molecule is O=C(N[C@H]1C[C@H]2C(=O)NC[C@@H](Cc3nnc(-c4ccccc4)o3)N2C1)c1ccc(F)c(F)c1. The minimum atomic E-state index is -1.08. The summed E-state index contributed by atoms with van der Waals surface area (Å²) in [6.07, 6.45) is 0.858. The molecule has 1 aromatic heterocycles. The first-order valence-electron chi connectivity index (χ1n) is 10.6. The Kier molecular flexibility index (Phi) is 5.59. The monoisotopic (exact) mass is 453 g/mol. The van der Waals surface area contributed by atoms with E-state index in [1.165, 1.54) is 6.07 Å². The van der Waals surface area contributed by atoms with Gasteiger partial charge in [-0.3, -0.25) is 14.5 Å². The van der Waals surface area contributed by atoms with Crippen molar-refractivity contribution in [2.45, 2.75) is 31.0 Å². The lowest BCUT2D eigenvalue weighted by Gasteiger charge is -2.36. The van der Waals surface area contributed by atoms with E-state index in [0.29, 0.717) is 37.7 Å². The van der Waals surface area contributed by atoms with Crippen LogP contribution in [0, 0.1) is 11.6 Å². The molecule has 2 saturated heterocycles. The van der Waals surface area contributed by atoms with Crippen LogP contribution in [-0.2, 0) is 11.2 Å². The Morgan fingerprint density at radius 1 is 1.15 bits per heavy atom. The predicted molar refractivity (Wildman–Crippen MR) is 113 cm³/mol. The molecule has 5 rings (SSSR count). The Balaban J connectivity index is 1.26. The molecular weight excluding hydrogens is 432 g/mol. The molecule has 2 aromatic carbocycles. The standard InChI is InChI=1S/C23H21F2N5O3/c24-17-7-6-14(8-18(17)25)21(31)27-15-9-19-22(32)26-11-16(30(19)12-15)10-20-28-29-23(33-20)13-4-2-1-3-5-13/h1-8,15-16,19H,9-12H2,(H,26,32)(H,27,31)/t15-,16+,19-/m0/s1. The molecule has 2 fully saturated rings. The Hall–Kier alpha value is -3.66. The average Bonchev–Trinajstić information content (AvgIpc) is 3.46. The molecule has 3 aromatic rings. The lowest BCUT2D eigenvalue weighted by atomic mass is 10.1. The fourth-order valence-electron chi connectivity index (χ4n) is 4.41. The van der Waals surface area contributed by atoms with Crippen LogP contribution in [0.1, 0.15) is 22.7 Å². The molecule has 3 heterocycles. The zero-order valence-electron chi connectivity index (χ0n) is 17.5. The number of benzene rings is 2. The molecule has 0 spiro atoms. The Morgan fingerprint density at radius 3 is 2.76 bits per heavy atom. The maximum absolute atomic E-state index is 13.5. The number of halogens is 2. The summed E-state index contributed by atoms with van der Waals surface area (Å²) in [7, 11) is 0.